The second kappa shape index (κ2) is 4.13. The van der Waals surface area contributed by atoms with E-state index in [-0.39, 0.29) is 11.0 Å². The number of hydrogen-bond acceptors (Lipinski definition) is 3. The summed E-state index contributed by atoms with van der Waals surface area (Å²) in [5, 5.41) is -0.159. The summed E-state index contributed by atoms with van der Waals surface area (Å²) in [6.45, 7) is 3.64. The molecule has 3 rings (SSSR count). The van der Waals surface area contributed by atoms with Gasteiger partial charge in [-0.1, -0.05) is 0 Å². The van der Waals surface area contributed by atoms with Crippen molar-refractivity contribution in [1.82, 2.24) is 0 Å². The third-order valence-corrected chi connectivity index (χ3v) is 3.24. The van der Waals surface area contributed by atoms with Gasteiger partial charge in [0.1, 0.15) is 16.9 Å². The Morgan fingerprint density at radius 3 is 2.57 bits per heavy atom. The predicted molar refractivity (Wildman–Crippen MR) is 71.2 cm³/mol. The summed E-state index contributed by atoms with van der Waals surface area (Å²) in [4.78, 5) is 11.4. The second-order valence-corrected chi connectivity index (χ2v) is 5.37. The fraction of sp³-hybridized carbons (Fsp3) is 0.267. The molecule has 0 aliphatic carbocycles. The molecule has 110 valence electrons. The highest BCUT2D eigenvalue weighted by molar-refractivity contribution is 5.91. The Kier molecular flexibility index (Phi) is 2.70. The maximum atomic E-state index is 13.0. The molecule has 2 aromatic rings. The summed E-state index contributed by atoms with van der Waals surface area (Å²) >= 11 is 0. The maximum absolute atomic E-state index is 13.0. The molecule has 0 fully saturated rings. The van der Waals surface area contributed by atoms with Crippen molar-refractivity contribution in [2.24, 2.45) is 0 Å². The zero-order valence-electron chi connectivity index (χ0n) is 11.2. The van der Waals surface area contributed by atoms with E-state index >= 15 is 0 Å². The van der Waals surface area contributed by atoms with Gasteiger partial charge in [0, 0.05) is 11.5 Å². The molecule has 2 heterocycles. The maximum Gasteiger partial charge on any atom is 0.417 e. The largest absolute Gasteiger partial charge is 0.483 e. The van der Waals surface area contributed by atoms with Crippen LogP contribution in [-0.4, -0.2) is 5.60 Å². The van der Waals surface area contributed by atoms with E-state index in [1.54, 1.807) is 12.2 Å². The van der Waals surface area contributed by atoms with Gasteiger partial charge in [-0.05, 0) is 38.1 Å². The second-order valence-electron chi connectivity index (χ2n) is 5.37. The third-order valence-electron chi connectivity index (χ3n) is 3.24. The Hall–Kier alpha value is -2.24. The molecule has 0 amide bonds. The van der Waals surface area contributed by atoms with Crippen LogP contribution in [0.15, 0.2) is 33.5 Å². The van der Waals surface area contributed by atoms with E-state index in [4.69, 9.17) is 9.15 Å². The van der Waals surface area contributed by atoms with Crippen molar-refractivity contribution >= 4 is 17.0 Å². The number of benzene rings is 1. The first-order valence-corrected chi connectivity index (χ1v) is 6.24. The Bertz CT molecular complexity index is 813. The van der Waals surface area contributed by atoms with Crippen molar-refractivity contribution in [3.63, 3.8) is 0 Å². The van der Waals surface area contributed by atoms with Crippen LogP contribution in [-0.2, 0) is 6.18 Å². The Morgan fingerprint density at radius 1 is 1.19 bits per heavy atom. The third kappa shape index (κ3) is 2.30. The van der Waals surface area contributed by atoms with E-state index < -0.39 is 23.0 Å². The smallest absolute Gasteiger partial charge is 0.417 e. The molecular weight excluding hydrogens is 285 g/mol. The molecule has 0 radical (unpaired) electrons. The van der Waals surface area contributed by atoms with E-state index in [9.17, 15) is 18.0 Å². The molecule has 1 aromatic heterocycles. The van der Waals surface area contributed by atoms with E-state index in [1.807, 2.05) is 13.8 Å². The van der Waals surface area contributed by atoms with Crippen LogP contribution in [0.2, 0.25) is 0 Å². The van der Waals surface area contributed by atoms with Gasteiger partial charge in [-0.3, -0.25) is 0 Å². The van der Waals surface area contributed by atoms with Gasteiger partial charge in [0.05, 0.1) is 11.1 Å². The van der Waals surface area contributed by atoms with Gasteiger partial charge in [-0.25, -0.2) is 4.79 Å². The van der Waals surface area contributed by atoms with Crippen molar-refractivity contribution in [2.45, 2.75) is 25.6 Å². The minimum absolute atomic E-state index is 0.112. The molecule has 1 aliphatic heterocycles. The number of alkyl halides is 3. The normalized spacial score (nSPS) is 16.6. The Labute approximate surface area is 117 Å². The van der Waals surface area contributed by atoms with Crippen molar-refractivity contribution in [3.8, 4) is 5.75 Å². The van der Waals surface area contributed by atoms with Crippen LogP contribution in [0.25, 0.3) is 17.0 Å². The fourth-order valence-electron chi connectivity index (χ4n) is 2.31. The van der Waals surface area contributed by atoms with Crippen LogP contribution in [0, 0.1) is 0 Å². The van der Waals surface area contributed by atoms with E-state index in [1.165, 1.54) is 12.1 Å². The number of halogens is 3. The van der Waals surface area contributed by atoms with Crippen LogP contribution in [0.1, 0.15) is 25.0 Å². The lowest BCUT2D eigenvalue weighted by Crippen LogP contribution is -2.27. The summed E-state index contributed by atoms with van der Waals surface area (Å²) in [6, 6.07) is 3.18. The van der Waals surface area contributed by atoms with Crippen molar-refractivity contribution < 1.29 is 22.3 Å². The molecule has 1 aliphatic rings. The lowest BCUT2D eigenvalue weighted by atomic mass is 9.99. The minimum atomic E-state index is -4.62. The van der Waals surface area contributed by atoms with Gasteiger partial charge >= 0.3 is 11.8 Å². The quantitative estimate of drug-likeness (QED) is 0.690. The highest BCUT2D eigenvalue weighted by atomic mass is 19.4. The molecule has 0 atom stereocenters. The highest BCUT2D eigenvalue weighted by Crippen LogP contribution is 2.40. The van der Waals surface area contributed by atoms with Crippen LogP contribution in [0.4, 0.5) is 13.2 Å². The summed E-state index contributed by atoms with van der Waals surface area (Å²) in [5.41, 5.74) is -2.38. The molecule has 6 heteroatoms. The topological polar surface area (TPSA) is 39.4 Å². The van der Waals surface area contributed by atoms with E-state index in [0.29, 0.717) is 17.4 Å². The molecule has 0 saturated heterocycles. The molecule has 0 unspecified atom stereocenters. The predicted octanol–water partition coefficient (Wildman–Crippen LogP) is 4.00. The molecular formula is C15H11F3O3. The lowest BCUT2D eigenvalue weighted by Gasteiger charge is -2.28. The van der Waals surface area contributed by atoms with Crippen LogP contribution >= 0.6 is 0 Å². The number of rotatable bonds is 0. The molecule has 3 nitrogen and oxygen atoms in total. The van der Waals surface area contributed by atoms with Gasteiger partial charge in [0.2, 0.25) is 0 Å². The Morgan fingerprint density at radius 2 is 1.90 bits per heavy atom. The van der Waals surface area contributed by atoms with Crippen molar-refractivity contribution in [1.29, 1.82) is 0 Å². The zero-order valence-corrected chi connectivity index (χ0v) is 11.2. The van der Waals surface area contributed by atoms with Gasteiger partial charge in [-0.2, -0.15) is 13.2 Å². The molecule has 0 spiro atoms. The summed E-state index contributed by atoms with van der Waals surface area (Å²) < 4.78 is 49.7. The first-order valence-electron chi connectivity index (χ1n) is 6.24. The van der Waals surface area contributed by atoms with Crippen molar-refractivity contribution in [2.75, 3.05) is 0 Å². The first kappa shape index (κ1) is 13.7. The molecule has 0 N–H and O–H groups in total. The summed E-state index contributed by atoms with van der Waals surface area (Å²) in [6.07, 6.45) is -1.31. The van der Waals surface area contributed by atoms with E-state index in [0.717, 1.165) is 0 Å². The van der Waals surface area contributed by atoms with E-state index in [2.05, 4.69) is 0 Å². The number of hydrogen-bond donors (Lipinski definition) is 0. The first-order chi connectivity index (χ1) is 9.67. The average Bonchev–Trinajstić information content (AvgIpc) is 2.34. The summed E-state index contributed by atoms with van der Waals surface area (Å²) in [5.74, 6) is 0.387. The number of fused-ring (bicyclic) bond motifs is 3. The van der Waals surface area contributed by atoms with Crippen LogP contribution in [0.5, 0.6) is 5.75 Å². The average molecular weight is 296 g/mol. The van der Waals surface area contributed by atoms with Gasteiger partial charge in [-0.15, -0.1) is 0 Å². The molecule has 0 bridgehead atoms. The highest BCUT2D eigenvalue weighted by Gasteiger charge is 2.35. The fourth-order valence-corrected chi connectivity index (χ4v) is 2.31. The monoisotopic (exact) mass is 296 g/mol. The molecule has 1 aromatic carbocycles. The van der Waals surface area contributed by atoms with Crippen LogP contribution < -0.4 is 10.4 Å². The lowest BCUT2D eigenvalue weighted by molar-refractivity contribution is -0.136. The standard InChI is InChI=1S/C15H11F3O3/c1-14(2)6-5-9-11(21-14)4-3-8-10(15(16,17)18)7-12(19)20-13(8)9/h3-7H,1-2H3. The van der Waals surface area contributed by atoms with Gasteiger partial charge < -0.3 is 9.15 Å². The minimum Gasteiger partial charge on any atom is -0.483 e. The SMILES string of the molecule is CC1(C)C=Cc2c(ccc3c(C(F)(F)F)cc(=O)oc23)O1. The van der Waals surface area contributed by atoms with Crippen molar-refractivity contribution in [3.05, 3.63) is 45.8 Å². The Balaban J connectivity index is 2.37. The number of ether oxygens (including phenoxy) is 1. The van der Waals surface area contributed by atoms with Crippen LogP contribution in [0.3, 0.4) is 0 Å². The molecule has 0 saturated carbocycles. The summed E-state index contributed by atoms with van der Waals surface area (Å²) in [7, 11) is 0. The van der Waals surface area contributed by atoms with Gasteiger partial charge in [0.25, 0.3) is 0 Å². The zero-order chi connectivity index (χ0) is 15.4. The molecule has 21 heavy (non-hydrogen) atoms. The van der Waals surface area contributed by atoms with Gasteiger partial charge in [0.15, 0.2) is 0 Å².